The second-order valence-corrected chi connectivity index (χ2v) is 7.71. The average molecular weight is 330 g/mol. The van der Waals surface area contributed by atoms with Crippen LogP contribution in [-0.2, 0) is 12.8 Å². The molecular weight excluding hydrogens is 294 g/mol. The second kappa shape index (κ2) is 8.98. The van der Waals surface area contributed by atoms with Crippen molar-refractivity contribution in [1.82, 2.24) is 14.7 Å². The zero-order valence-corrected chi connectivity index (χ0v) is 15.7. The molecule has 24 heavy (non-hydrogen) atoms. The third kappa shape index (κ3) is 5.05. The number of aryl methyl sites for hydroxylation is 1. The van der Waals surface area contributed by atoms with Crippen LogP contribution in [0.15, 0.2) is 24.3 Å². The first-order chi connectivity index (χ1) is 11.7. The summed E-state index contributed by atoms with van der Waals surface area (Å²) in [6, 6.07) is 10.0. The summed E-state index contributed by atoms with van der Waals surface area (Å²) in [5, 5.41) is 0. The highest BCUT2D eigenvalue weighted by Gasteiger charge is 2.25. The predicted molar refractivity (Wildman–Crippen MR) is 103 cm³/mol. The normalized spacial score (nSPS) is 24.8. The molecule has 3 heteroatoms. The number of rotatable bonds is 5. The van der Waals surface area contributed by atoms with Crippen LogP contribution < -0.4 is 0 Å². The van der Waals surface area contributed by atoms with Crippen molar-refractivity contribution in [2.24, 2.45) is 0 Å². The lowest BCUT2D eigenvalue weighted by Crippen LogP contribution is -2.52. The molecule has 3 nitrogen and oxygen atoms in total. The summed E-state index contributed by atoms with van der Waals surface area (Å²) in [6.45, 7) is 11.0. The summed E-state index contributed by atoms with van der Waals surface area (Å²) >= 11 is 0. The lowest BCUT2D eigenvalue weighted by atomic mass is 10.1. The fraction of sp³-hybridized carbons (Fsp3) is 0.714. The van der Waals surface area contributed by atoms with Gasteiger partial charge < -0.3 is 9.80 Å². The zero-order valence-electron chi connectivity index (χ0n) is 15.7. The maximum absolute atomic E-state index is 2.76. The molecule has 2 fully saturated rings. The van der Waals surface area contributed by atoms with Gasteiger partial charge in [0.05, 0.1) is 0 Å². The first-order valence-electron chi connectivity index (χ1n) is 9.97. The van der Waals surface area contributed by atoms with E-state index in [-0.39, 0.29) is 0 Å². The molecule has 2 aliphatic rings. The molecule has 0 amide bonds. The van der Waals surface area contributed by atoms with Crippen molar-refractivity contribution < 1.29 is 0 Å². The molecule has 1 atom stereocenters. The van der Waals surface area contributed by atoms with Gasteiger partial charge in [-0.2, -0.15) is 0 Å². The van der Waals surface area contributed by atoms with Crippen LogP contribution in [0.3, 0.4) is 0 Å². The van der Waals surface area contributed by atoms with E-state index in [0.717, 1.165) is 12.5 Å². The van der Waals surface area contributed by atoms with Gasteiger partial charge in [0, 0.05) is 45.3 Å². The Kier molecular flexibility index (Phi) is 6.70. The summed E-state index contributed by atoms with van der Waals surface area (Å²) in [7, 11) is 2.25. The standard InChI is InChI=1S/C21H35N3/c1-3-19-7-9-20(10-8-19)11-13-23-12-5-4-6-21(18-23)24-16-14-22(2)15-17-24/h7-10,21H,3-6,11-18H2,1-2H3/t21-/m1/s1. The Bertz CT molecular complexity index is 476. The molecule has 0 unspecified atom stereocenters. The average Bonchev–Trinajstić information content (AvgIpc) is 2.87. The van der Waals surface area contributed by atoms with Crippen molar-refractivity contribution >= 4 is 0 Å². The molecule has 0 aliphatic carbocycles. The van der Waals surface area contributed by atoms with E-state index in [4.69, 9.17) is 0 Å². The van der Waals surface area contributed by atoms with Gasteiger partial charge in [0.2, 0.25) is 0 Å². The third-order valence-electron chi connectivity index (χ3n) is 5.93. The fourth-order valence-corrected chi connectivity index (χ4v) is 4.11. The van der Waals surface area contributed by atoms with Gasteiger partial charge in [0.15, 0.2) is 0 Å². The van der Waals surface area contributed by atoms with Gasteiger partial charge in [-0.25, -0.2) is 0 Å². The Morgan fingerprint density at radius 3 is 2.33 bits per heavy atom. The minimum Gasteiger partial charge on any atom is -0.304 e. The number of likely N-dealkylation sites (N-methyl/N-ethyl adjacent to an activating group) is 1. The minimum absolute atomic E-state index is 0.781. The van der Waals surface area contributed by atoms with Crippen molar-refractivity contribution in [2.75, 3.05) is 52.9 Å². The van der Waals surface area contributed by atoms with Gasteiger partial charge in [-0.1, -0.05) is 37.6 Å². The van der Waals surface area contributed by atoms with Crippen molar-refractivity contribution in [3.05, 3.63) is 35.4 Å². The van der Waals surface area contributed by atoms with E-state index in [9.17, 15) is 0 Å². The lowest BCUT2D eigenvalue weighted by molar-refractivity contribution is 0.0892. The molecule has 1 aromatic carbocycles. The quantitative estimate of drug-likeness (QED) is 0.822. The van der Waals surface area contributed by atoms with E-state index in [1.807, 2.05) is 0 Å². The minimum atomic E-state index is 0.781. The lowest BCUT2D eigenvalue weighted by Gasteiger charge is -2.39. The third-order valence-corrected chi connectivity index (χ3v) is 5.93. The van der Waals surface area contributed by atoms with Gasteiger partial charge in [-0.05, 0) is 50.4 Å². The molecule has 1 aromatic rings. The zero-order chi connectivity index (χ0) is 16.8. The molecule has 134 valence electrons. The molecule has 2 aliphatic heterocycles. The van der Waals surface area contributed by atoms with Gasteiger partial charge in [0.25, 0.3) is 0 Å². The second-order valence-electron chi connectivity index (χ2n) is 7.71. The SMILES string of the molecule is CCc1ccc(CCN2CCCC[C@@H](N3CCN(C)CC3)C2)cc1. The van der Waals surface area contributed by atoms with E-state index in [0.29, 0.717) is 0 Å². The van der Waals surface area contributed by atoms with E-state index in [2.05, 4.69) is 52.9 Å². The molecule has 3 rings (SSSR count). The molecule has 0 aromatic heterocycles. The van der Waals surface area contributed by atoms with Crippen LogP contribution in [0.25, 0.3) is 0 Å². The number of piperazine rings is 1. The van der Waals surface area contributed by atoms with Crippen LogP contribution in [0, 0.1) is 0 Å². The summed E-state index contributed by atoms with van der Waals surface area (Å²) in [5.41, 5.74) is 2.94. The first-order valence-corrected chi connectivity index (χ1v) is 9.97. The maximum Gasteiger partial charge on any atom is 0.0224 e. The van der Waals surface area contributed by atoms with E-state index in [1.54, 1.807) is 0 Å². The topological polar surface area (TPSA) is 9.72 Å². The Labute approximate surface area is 148 Å². The highest BCUT2D eigenvalue weighted by atomic mass is 15.3. The molecule has 0 radical (unpaired) electrons. The molecule has 0 N–H and O–H groups in total. The Hall–Kier alpha value is -0.900. The number of hydrogen-bond donors (Lipinski definition) is 0. The largest absolute Gasteiger partial charge is 0.304 e. The van der Waals surface area contributed by atoms with Gasteiger partial charge in [0.1, 0.15) is 0 Å². The number of hydrogen-bond acceptors (Lipinski definition) is 3. The molecule has 0 saturated carbocycles. The summed E-state index contributed by atoms with van der Waals surface area (Å²) < 4.78 is 0. The van der Waals surface area contributed by atoms with Crippen LogP contribution in [-0.4, -0.2) is 73.6 Å². The Morgan fingerprint density at radius 2 is 1.62 bits per heavy atom. The van der Waals surface area contributed by atoms with Crippen molar-refractivity contribution in [1.29, 1.82) is 0 Å². The van der Waals surface area contributed by atoms with Gasteiger partial charge in [-0.15, -0.1) is 0 Å². The van der Waals surface area contributed by atoms with E-state index >= 15 is 0 Å². The van der Waals surface area contributed by atoms with Gasteiger partial charge >= 0.3 is 0 Å². The Balaban J connectivity index is 1.50. The smallest absolute Gasteiger partial charge is 0.0224 e. The molecule has 2 heterocycles. The fourth-order valence-electron chi connectivity index (χ4n) is 4.11. The Morgan fingerprint density at radius 1 is 0.917 bits per heavy atom. The van der Waals surface area contributed by atoms with Crippen molar-refractivity contribution in [3.63, 3.8) is 0 Å². The molecule has 0 spiro atoms. The van der Waals surface area contributed by atoms with Crippen LogP contribution in [0.5, 0.6) is 0 Å². The summed E-state index contributed by atoms with van der Waals surface area (Å²) in [6.07, 6.45) is 6.50. The van der Waals surface area contributed by atoms with E-state index in [1.165, 1.54) is 82.6 Å². The van der Waals surface area contributed by atoms with Crippen LogP contribution in [0.1, 0.15) is 37.3 Å². The van der Waals surface area contributed by atoms with E-state index < -0.39 is 0 Å². The first kappa shape index (κ1) is 17.9. The predicted octanol–water partition coefficient (Wildman–Crippen LogP) is 2.89. The monoisotopic (exact) mass is 329 g/mol. The highest BCUT2D eigenvalue weighted by Crippen LogP contribution is 2.18. The summed E-state index contributed by atoms with van der Waals surface area (Å²) in [5.74, 6) is 0. The molecule has 0 bridgehead atoms. The highest BCUT2D eigenvalue weighted by molar-refractivity contribution is 5.22. The van der Waals surface area contributed by atoms with Crippen LogP contribution in [0.2, 0.25) is 0 Å². The van der Waals surface area contributed by atoms with Crippen molar-refractivity contribution in [2.45, 2.75) is 45.1 Å². The number of benzene rings is 1. The van der Waals surface area contributed by atoms with Crippen molar-refractivity contribution in [3.8, 4) is 0 Å². The maximum atomic E-state index is 2.76. The molecular formula is C21H35N3. The van der Waals surface area contributed by atoms with Gasteiger partial charge in [-0.3, -0.25) is 4.90 Å². The van der Waals surface area contributed by atoms with Crippen LogP contribution >= 0.6 is 0 Å². The summed E-state index contributed by atoms with van der Waals surface area (Å²) in [4.78, 5) is 7.95. The van der Waals surface area contributed by atoms with Crippen LogP contribution in [0.4, 0.5) is 0 Å². The molecule has 2 saturated heterocycles. The number of nitrogens with zero attached hydrogens (tertiary/aromatic N) is 3. The number of likely N-dealkylation sites (tertiary alicyclic amines) is 1.